The molecule has 3 aromatic rings. The SMILES string of the molecule is CCOc1cc(C(=O)N(CCCN(C)C)c2nc3c(OC)cccc3s2)cc(OCC)c1OCC.Cl. The van der Waals surface area contributed by atoms with E-state index in [1.807, 2.05) is 53.1 Å². The van der Waals surface area contributed by atoms with E-state index in [0.29, 0.717) is 60.1 Å². The third kappa shape index (κ3) is 6.93. The molecular formula is C26H36ClN3O5S. The number of thiazole rings is 1. The van der Waals surface area contributed by atoms with Crippen LogP contribution in [0.15, 0.2) is 30.3 Å². The normalized spacial score (nSPS) is 10.8. The highest BCUT2D eigenvalue weighted by Gasteiger charge is 2.25. The van der Waals surface area contributed by atoms with Crippen molar-refractivity contribution in [3.8, 4) is 23.0 Å². The lowest BCUT2D eigenvalue weighted by molar-refractivity contribution is 0.0985. The van der Waals surface area contributed by atoms with Crippen molar-refractivity contribution in [3.05, 3.63) is 35.9 Å². The molecule has 1 heterocycles. The fourth-order valence-corrected chi connectivity index (χ4v) is 4.70. The molecule has 198 valence electrons. The molecule has 0 bridgehead atoms. The smallest absolute Gasteiger partial charge is 0.260 e. The average Bonchev–Trinajstić information content (AvgIpc) is 3.27. The Morgan fingerprint density at radius 1 is 0.944 bits per heavy atom. The molecule has 8 nitrogen and oxygen atoms in total. The molecule has 0 spiro atoms. The number of hydrogen-bond donors (Lipinski definition) is 0. The van der Waals surface area contributed by atoms with Crippen molar-refractivity contribution in [2.24, 2.45) is 0 Å². The van der Waals surface area contributed by atoms with Gasteiger partial charge in [0.25, 0.3) is 5.91 Å². The number of rotatable bonds is 13. The number of aromatic nitrogens is 1. The Bertz CT molecular complexity index is 1110. The van der Waals surface area contributed by atoms with Gasteiger partial charge in [0.15, 0.2) is 16.6 Å². The Kier molecular flexibility index (Phi) is 11.6. The fourth-order valence-electron chi connectivity index (χ4n) is 3.69. The molecular weight excluding hydrogens is 502 g/mol. The lowest BCUT2D eigenvalue weighted by Crippen LogP contribution is -2.33. The second-order valence-corrected chi connectivity index (χ2v) is 9.03. The second kappa shape index (κ2) is 14.1. The summed E-state index contributed by atoms with van der Waals surface area (Å²) in [6.07, 6.45) is 0.791. The molecule has 0 aliphatic rings. The lowest BCUT2D eigenvalue weighted by atomic mass is 10.1. The minimum absolute atomic E-state index is 0. The first-order chi connectivity index (χ1) is 16.9. The maximum Gasteiger partial charge on any atom is 0.260 e. The van der Waals surface area contributed by atoms with E-state index in [1.165, 1.54) is 11.3 Å². The molecule has 0 aliphatic carbocycles. The fraction of sp³-hybridized carbons (Fsp3) is 0.462. The summed E-state index contributed by atoms with van der Waals surface area (Å²) in [4.78, 5) is 22.6. The first-order valence-electron chi connectivity index (χ1n) is 11.9. The summed E-state index contributed by atoms with van der Waals surface area (Å²) in [6.45, 7) is 8.38. The third-order valence-corrected chi connectivity index (χ3v) is 6.25. The van der Waals surface area contributed by atoms with Gasteiger partial charge in [-0.1, -0.05) is 17.4 Å². The van der Waals surface area contributed by atoms with Gasteiger partial charge in [-0.25, -0.2) is 4.98 Å². The van der Waals surface area contributed by atoms with Gasteiger partial charge in [0.1, 0.15) is 11.3 Å². The first-order valence-corrected chi connectivity index (χ1v) is 12.7. The van der Waals surface area contributed by atoms with Crippen LogP contribution in [0, 0.1) is 0 Å². The van der Waals surface area contributed by atoms with Crippen LogP contribution in [-0.4, -0.2) is 69.9 Å². The van der Waals surface area contributed by atoms with Crippen molar-refractivity contribution in [2.45, 2.75) is 27.2 Å². The Labute approximate surface area is 223 Å². The number of nitrogens with zero attached hydrogens (tertiary/aromatic N) is 3. The molecule has 3 rings (SSSR count). The number of carbonyl (C=O) groups excluding carboxylic acids is 1. The summed E-state index contributed by atoms with van der Waals surface area (Å²) in [5, 5.41) is 0.623. The first kappa shape index (κ1) is 29.5. The number of carbonyl (C=O) groups is 1. The van der Waals surface area contributed by atoms with E-state index in [2.05, 4.69) is 4.90 Å². The molecule has 36 heavy (non-hydrogen) atoms. The molecule has 0 unspecified atom stereocenters. The van der Waals surface area contributed by atoms with Gasteiger partial charge in [-0.15, -0.1) is 12.4 Å². The maximum atomic E-state index is 13.9. The van der Waals surface area contributed by atoms with Gasteiger partial charge in [0, 0.05) is 12.1 Å². The van der Waals surface area contributed by atoms with Gasteiger partial charge < -0.3 is 23.8 Å². The number of para-hydroxylation sites is 1. The topological polar surface area (TPSA) is 73.4 Å². The third-order valence-electron chi connectivity index (χ3n) is 5.21. The van der Waals surface area contributed by atoms with Crippen molar-refractivity contribution >= 4 is 45.0 Å². The van der Waals surface area contributed by atoms with E-state index >= 15 is 0 Å². The summed E-state index contributed by atoms with van der Waals surface area (Å²) in [5.41, 5.74) is 1.20. The number of methoxy groups -OCH3 is 1. The van der Waals surface area contributed by atoms with Crippen molar-refractivity contribution in [1.29, 1.82) is 0 Å². The molecule has 0 saturated carbocycles. The minimum atomic E-state index is -0.174. The van der Waals surface area contributed by atoms with Gasteiger partial charge in [0.05, 0.1) is 31.6 Å². The Morgan fingerprint density at radius 2 is 1.58 bits per heavy atom. The summed E-state index contributed by atoms with van der Waals surface area (Å²) in [5.74, 6) is 2.00. The summed E-state index contributed by atoms with van der Waals surface area (Å²) < 4.78 is 23.9. The van der Waals surface area contributed by atoms with Crippen LogP contribution >= 0.6 is 23.7 Å². The average molecular weight is 538 g/mol. The molecule has 0 atom stereocenters. The molecule has 0 fully saturated rings. The van der Waals surface area contributed by atoms with Gasteiger partial charge in [-0.2, -0.15) is 0 Å². The highest BCUT2D eigenvalue weighted by atomic mass is 35.5. The van der Waals surface area contributed by atoms with E-state index in [9.17, 15) is 4.79 Å². The van der Waals surface area contributed by atoms with Gasteiger partial charge in [-0.05, 0) is 72.1 Å². The molecule has 0 N–H and O–H groups in total. The second-order valence-electron chi connectivity index (χ2n) is 8.02. The van der Waals surface area contributed by atoms with Crippen LogP contribution in [-0.2, 0) is 0 Å². The zero-order valence-corrected chi connectivity index (χ0v) is 23.5. The molecule has 10 heteroatoms. The molecule has 0 aliphatic heterocycles. The number of hydrogen-bond acceptors (Lipinski definition) is 8. The number of fused-ring (bicyclic) bond motifs is 1. The van der Waals surface area contributed by atoms with Crippen LogP contribution in [0.3, 0.4) is 0 Å². The summed E-state index contributed by atoms with van der Waals surface area (Å²) in [6, 6.07) is 9.24. The number of anilines is 1. The van der Waals surface area contributed by atoms with E-state index in [4.69, 9.17) is 23.9 Å². The molecule has 2 aromatic carbocycles. The minimum Gasteiger partial charge on any atom is -0.494 e. The van der Waals surface area contributed by atoms with Crippen LogP contribution in [0.4, 0.5) is 5.13 Å². The van der Waals surface area contributed by atoms with E-state index in [-0.39, 0.29) is 18.3 Å². The van der Waals surface area contributed by atoms with Crippen LogP contribution in [0.2, 0.25) is 0 Å². The van der Waals surface area contributed by atoms with E-state index in [1.54, 1.807) is 24.1 Å². The van der Waals surface area contributed by atoms with Crippen LogP contribution in [0.1, 0.15) is 37.6 Å². The largest absolute Gasteiger partial charge is 0.494 e. The molecule has 0 saturated heterocycles. The zero-order chi connectivity index (χ0) is 25.4. The molecule has 0 radical (unpaired) electrons. The quantitative estimate of drug-likeness (QED) is 0.284. The number of benzene rings is 2. The van der Waals surface area contributed by atoms with Crippen molar-refractivity contribution in [1.82, 2.24) is 9.88 Å². The predicted octanol–water partition coefficient (Wildman–Crippen LogP) is 5.52. The monoisotopic (exact) mass is 537 g/mol. The van der Waals surface area contributed by atoms with Gasteiger partial charge in [0.2, 0.25) is 5.75 Å². The Balaban J connectivity index is 0.00000456. The Morgan fingerprint density at radius 3 is 2.14 bits per heavy atom. The van der Waals surface area contributed by atoms with Gasteiger partial charge in [-0.3, -0.25) is 9.69 Å². The summed E-state index contributed by atoms with van der Waals surface area (Å²) >= 11 is 1.47. The van der Waals surface area contributed by atoms with Crippen molar-refractivity contribution < 1.29 is 23.7 Å². The number of amides is 1. The zero-order valence-electron chi connectivity index (χ0n) is 21.8. The van der Waals surface area contributed by atoms with E-state index < -0.39 is 0 Å². The highest BCUT2D eigenvalue weighted by molar-refractivity contribution is 7.22. The van der Waals surface area contributed by atoms with Gasteiger partial charge >= 0.3 is 0 Å². The highest BCUT2D eigenvalue weighted by Crippen LogP contribution is 2.40. The number of ether oxygens (including phenoxy) is 4. The Hall–Kier alpha value is -2.75. The molecule has 1 amide bonds. The maximum absolute atomic E-state index is 13.9. The van der Waals surface area contributed by atoms with Crippen molar-refractivity contribution in [3.63, 3.8) is 0 Å². The number of halogens is 1. The van der Waals surface area contributed by atoms with Crippen LogP contribution in [0.5, 0.6) is 23.0 Å². The van der Waals surface area contributed by atoms with Crippen molar-refractivity contribution in [2.75, 3.05) is 59.0 Å². The summed E-state index contributed by atoms with van der Waals surface area (Å²) in [7, 11) is 5.66. The van der Waals surface area contributed by atoms with Crippen LogP contribution in [0.25, 0.3) is 10.2 Å². The van der Waals surface area contributed by atoms with Crippen LogP contribution < -0.4 is 23.8 Å². The van der Waals surface area contributed by atoms with E-state index in [0.717, 1.165) is 23.2 Å². The predicted molar refractivity (Wildman–Crippen MR) is 148 cm³/mol. The lowest BCUT2D eigenvalue weighted by Gasteiger charge is -2.22. The standard InChI is InChI=1S/C26H35N3O5S.ClH/c1-7-32-20-16-18(17-21(33-8-2)24(20)34-9-3)25(30)29(15-11-14-28(4)5)26-27-23-19(31-6)12-10-13-22(23)35-26;/h10,12-13,16-17H,7-9,11,14-15H2,1-6H3;1H. The molecule has 1 aromatic heterocycles.